The number of nitrogens with zero attached hydrogens (tertiary/aromatic N) is 1. The first-order valence-corrected chi connectivity index (χ1v) is 5.20. The Hall–Kier alpha value is -0.900. The van der Waals surface area contributed by atoms with E-state index in [0.717, 1.165) is 13.1 Å². The molecule has 0 aliphatic rings. The van der Waals surface area contributed by atoms with Crippen molar-refractivity contribution in [1.29, 1.82) is 0 Å². The lowest BCUT2D eigenvalue weighted by Crippen LogP contribution is -2.24. The second-order valence-corrected chi connectivity index (χ2v) is 3.69. The maximum atomic E-state index is 8.91. The molecule has 0 aromatic heterocycles. The van der Waals surface area contributed by atoms with Gasteiger partial charge in [0, 0.05) is 13.1 Å². The van der Waals surface area contributed by atoms with Crippen molar-refractivity contribution in [2.75, 3.05) is 20.2 Å². The van der Waals surface area contributed by atoms with Crippen molar-refractivity contribution in [1.82, 2.24) is 4.90 Å². The van der Waals surface area contributed by atoms with Crippen molar-refractivity contribution in [3.63, 3.8) is 0 Å². The zero-order valence-corrected chi connectivity index (χ0v) is 9.39. The van der Waals surface area contributed by atoms with Gasteiger partial charge in [0.25, 0.3) is 0 Å². The minimum atomic E-state index is -0.671. The smallest absolute Gasteiger partial charge is 0.151 e. The van der Waals surface area contributed by atoms with E-state index in [4.69, 9.17) is 9.84 Å². The lowest BCUT2D eigenvalue weighted by Gasteiger charge is -2.17. The molecular formula is C12H19NO2. The van der Waals surface area contributed by atoms with Gasteiger partial charge in [-0.05, 0) is 19.5 Å². The number of hydrogen-bond acceptors (Lipinski definition) is 3. The molecule has 1 aromatic rings. The van der Waals surface area contributed by atoms with Crippen molar-refractivity contribution < 1.29 is 9.84 Å². The van der Waals surface area contributed by atoms with Crippen LogP contribution in [-0.4, -0.2) is 36.5 Å². The van der Waals surface area contributed by atoms with Gasteiger partial charge in [0.2, 0.25) is 0 Å². The van der Waals surface area contributed by atoms with E-state index in [-0.39, 0.29) is 0 Å². The number of aliphatic hydroxyl groups is 1. The highest BCUT2D eigenvalue weighted by atomic mass is 16.6. The zero-order chi connectivity index (χ0) is 11.1. The Labute approximate surface area is 91.3 Å². The van der Waals surface area contributed by atoms with Gasteiger partial charge < -0.3 is 9.84 Å². The van der Waals surface area contributed by atoms with E-state index in [1.54, 1.807) is 6.92 Å². The molecule has 0 radical (unpaired) electrons. The third kappa shape index (κ3) is 5.52. The monoisotopic (exact) mass is 209 g/mol. The summed E-state index contributed by atoms with van der Waals surface area (Å²) in [5.41, 5.74) is 1.29. The van der Waals surface area contributed by atoms with Gasteiger partial charge in [0.05, 0.1) is 6.61 Å². The summed E-state index contributed by atoms with van der Waals surface area (Å²) in [7, 11) is 2.04. The zero-order valence-electron chi connectivity index (χ0n) is 9.39. The Morgan fingerprint density at radius 2 is 2.00 bits per heavy atom. The average molecular weight is 209 g/mol. The molecule has 3 heteroatoms. The summed E-state index contributed by atoms with van der Waals surface area (Å²) < 4.78 is 5.06. The van der Waals surface area contributed by atoms with E-state index >= 15 is 0 Å². The Bertz CT molecular complexity index is 262. The number of aliphatic hydroxyl groups excluding tert-OH is 1. The summed E-state index contributed by atoms with van der Waals surface area (Å²) in [6.07, 6.45) is -0.671. The predicted octanol–water partition coefficient (Wildman–Crippen LogP) is 1.47. The summed E-state index contributed by atoms with van der Waals surface area (Å²) in [6.45, 7) is 3.90. The topological polar surface area (TPSA) is 32.7 Å². The van der Waals surface area contributed by atoms with Crippen molar-refractivity contribution >= 4 is 0 Å². The molecule has 0 aliphatic heterocycles. The van der Waals surface area contributed by atoms with Crippen LogP contribution in [0.2, 0.25) is 0 Å². The minimum Gasteiger partial charge on any atom is -0.368 e. The first-order valence-electron chi connectivity index (χ1n) is 5.20. The maximum Gasteiger partial charge on any atom is 0.151 e. The van der Waals surface area contributed by atoms with Crippen molar-refractivity contribution in [3.05, 3.63) is 35.9 Å². The van der Waals surface area contributed by atoms with E-state index in [9.17, 15) is 0 Å². The standard InChI is InChI=1S/C12H19NO2/c1-11(14)15-9-8-13(2)10-12-6-4-3-5-7-12/h3-7,11,14H,8-10H2,1-2H3. The quantitative estimate of drug-likeness (QED) is 0.720. The van der Waals surface area contributed by atoms with Crippen LogP contribution in [0.4, 0.5) is 0 Å². The summed E-state index contributed by atoms with van der Waals surface area (Å²) >= 11 is 0. The molecule has 3 nitrogen and oxygen atoms in total. The van der Waals surface area contributed by atoms with Gasteiger partial charge >= 0.3 is 0 Å². The predicted molar refractivity (Wildman–Crippen MR) is 60.4 cm³/mol. The summed E-state index contributed by atoms with van der Waals surface area (Å²) in [5, 5.41) is 8.91. The van der Waals surface area contributed by atoms with Crippen LogP contribution in [0.5, 0.6) is 0 Å². The first kappa shape index (κ1) is 12.2. The second-order valence-electron chi connectivity index (χ2n) is 3.69. The van der Waals surface area contributed by atoms with Crippen molar-refractivity contribution in [3.8, 4) is 0 Å². The molecule has 1 atom stereocenters. The van der Waals surface area contributed by atoms with Gasteiger partial charge in [-0.1, -0.05) is 30.3 Å². The van der Waals surface area contributed by atoms with Crippen molar-refractivity contribution in [2.45, 2.75) is 19.8 Å². The number of ether oxygens (including phenoxy) is 1. The van der Waals surface area contributed by atoms with Crippen LogP contribution in [0, 0.1) is 0 Å². The molecular weight excluding hydrogens is 190 g/mol. The highest BCUT2D eigenvalue weighted by Crippen LogP contribution is 2.02. The Balaban J connectivity index is 2.21. The fourth-order valence-corrected chi connectivity index (χ4v) is 1.35. The minimum absolute atomic E-state index is 0.557. The number of rotatable bonds is 6. The van der Waals surface area contributed by atoms with Gasteiger partial charge in [-0.25, -0.2) is 0 Å². The SMILES string of the molecule is CC(O)OCCN(C)Cc1ccccc1. The van der Waals surface area contributed by atoms with Gasteiger partial charge in [0.1, 0.15) is 0 Å². The molecule has 0 saturated carbocycles. The molecule has 84 valence electrons. The largest absolute Gasteiger partial charge is 0.368 e. The fraction of sp³-hybridized carbons (Fsp3) is 0.500. The molecule has 0 heterocycles. The molecule has 0 aliphatic carbocycles. The van der Waals surface area contributed by atoms with E-state index in [2.05, 4.69) is 17.0 Å². The van der Waals surface area contributed by atoms with Crippen LogP contribution in [0.3, 0.4) is 0 Å². The Morgan fingerprint density at radius 1 is 1.33 bits per heavy atom. The molecule has 15 heavy (non-hydrogen) atoms. The summed E-state index contributed by atoms with van der Waals surface area (Å²) in [6, 6.07) is 10.3. The van der Waals surface area contributed by atoms with Crippen LogP contribution in [0.1, 0.15) is 12.5 Å². The van der Waals surface area contributed by atoms with Gasteiger partial charge in [-0.2, -0.15) is 0 Å². The second kappa shape index (κ2) is 6.56. The third-order valence-corrected chi connectivity index (χ3v) is 2.13. The van der Waals surface area contributed by atoms with Crippen LogP contribution < -0.4 is 0 Å². The third-order valence-electron chi connectivity index (χ3n) is 2.13. The van der Waals surface area contributed by atoms with Crippen molar-refractivity contribution in [2.24, 2.45) is 0 Å². The molecule has 1 N–H and O–H groups in total. The lowest BCUT2D eigenvalue weighted by molar-refractivity contribution is -0.0886. The molecule has 0 bridgehead atoms. The molecule has 1 rings (SSSR count). The normalized spacial score (nSPS) is 13.1. The average Bonchev–Trinajstić information content (AvgIpc) is 2.18. The van der Waals surface area contributed by atoms with Crippen LogP contribution >= 0.6 is 0 Å². The van der Waals surface area contributed by atoms with Crippen LogP contribution in [0.25, 0.3) is 0 Å². The van der Waals surface area contributed by atoms with E-state index in [1.165, 1.54) is 5.56 Å². The highest BCUT2D eigenvalue weighted by Gasteiger charge is 2.00. The molecule has 0 amide bonds. The van der Waals surface area contributed by atoms with E-state index in [0.29, 0.717) is 6.61 Å². The van der Waals surface area contributed by atoms with Gasteiger partial charge in [-0.15, -0.1) is 0 Å². The molecule has 0 spiro atoms. The fourth-order valence-electron chi connectivity index (χ4n) is 1.35. The first-order chi connectivity index (χ1) is 7.18. The molecule has 0 saturated heterocycles. The number of benzene rings is 1. The highest BCUT2D eigenvalue weighted by molar-refractivity contribution is 5.14. The van der Waals surface area contributed by atoms with Crippen LogP contribution in [0.15, 0.2) is 30.3 Å². The lowest BCUT2D eigenvalue weighted by atomic mass is 10.2. The van der Waals surface area contributed by atoms with E-state index < -0.39 is 6.29 Å². The van der Waals surface area contributed by atoms with E-state index in [1.807, 2.05) is 25.2 Å². The van der Waals surface area contributed by atoms with Gasteiger partial charge in [0.15, 0.2) is 6.29 Å². The molecule has 1 aromatic carbocycles. The molecule has 1 unspecified atom stereocenters. The number of hydrogen-bond donors (Lipinski definition) is 1. The Kier molecular flexibility index (Phi) is 5.32. The Morgan fingerprint density at radius 3 is 2.60 bits per heavy atom. The maximum absolute atomic E-state index is 8.91. The number of likely N-dealkylation sites (N-methyl/N-ethyl adjacent to an activating group) is 1. The van der Waals surface area contributed by atoms with Crippen LogP contribution in [-0.2, 0) is 11.3 Å². The molecule has 0 fully saturated rings. The summed E-state index contributed by atoms with van der Waals surface area (Å²) in [4.78, 5) is 2.16. The summed E-state index contributed by atoms with van der Waals surface area (Å²) in [5.74, 6) is 0. The van der Waals surface area contributed by atoms with Gasteiger partial charge in [-0.3, -0.25) is 4.90 Å².